The van der Waals surface area contributed by atoms with Crippen molar-refractivity contribution in [3.63, 3.8) is 0 Å². The van der Waals surface area contributed by atoms with Gasteiger partial charge in [-0.15, -0.1) is 0 Å². The highest BCUT2D eigenvalue weighted by atomic mass is 16.7. The van der Waals surface area contributed by atoms with Crippen LogP contribution in [0.1, 0.15) is 18.1 Å². The summed E-state index contributed by atoms with van der Waals surface area (Å²) in [4.78, 5) is 15.8. The summed E-state index contributed by atoms with van der Waals surface area (Å²) in [6.45, 7) is 1.57. The number of hydrogen-bond donors (Lipinski definition) is 2. The van der Waals surface area contributed by atoms with Crippen LogP contribution >= 0.6 is 0 Å². The van der Waals surface area contributed by atoms with Crippen molar-refractivity contribution in [3.8, 4) is 0 Å². The number of aliphatic hydroxyl groups excluding tert-OH is 1. The maximum atomic E-state index is 12.1. The fourth-order valence-electron chi connectivity index (χ4n) is 2.06. The molecule has 2 N–H and O–H groups in total. The van der Waals surface area contributed by atoms with Crippen molar-refractivity contribution in [3.05, 3.63) is 18.7 Å². The molecule has 7 nitrogen and oxygen atoms in total. The van der Waals surface area contributed by atoms with E-state index in [9.17, 15) is 15.0 Å². The van der Waals surface area contributed by atoms with Gasteiger partial charge in [-0.25, -0.2) is 4.98 Å². The smallest absolute Gasteiger partial charge is 0.292 e. The molecule has 1 aliphatic rings. The quantitative estimate of drug-likeness (QED) is 0.733. The molecule has 18 heavy (non-hydrogen) atoms. The Labute approximate surface area is 104 Å². The number of ether oxygens (including phenoxy) is 2. The molecule has 0 radical (unpaired) electrons. The third-order valence-corrected chi connectivity index (χ3v) is 3.10. The van der Waals surface area contributed by atoms with Crippen LogP contribution in [-0.4, -0.2) is 56.9 Å². The van der Waals surface area contributed by atoms with Gasteiger partial charge in [0.1, 0.15) is 12.4 Å². The van der Waals surface area contributed by atoms with Crippen molar-refractivity contribution in [1.82, 2.24) is 9.55 Å². The molecule has 2 heterocycles. The molecule has 4 atom stereocenters. The van der Waals surface area contributed by atoms with Crippen molar-refractivity contribution in [2.24, 2.45) is 0 Å². The van der Waals surface area contributed by atoms with E-state index in [4.69, 9.17) is 9.47 Å². The molecule has 1 saturated heterocycles. The molecule has 0 spiro atoms. The Morgan fingerprint density at radius 1 is 1.67 bits per heavy atom. The Balaban J connectivity index is 2.23. The number of carbonyl (C=O) groups excluding carboxylic acids is 1. The Bertz CT molecular complexity index is 421. The third kappa shape index (κ3) is 2.17. The first-order chi connectivity index (χ1) is 8.48. The number of aromatic nitrogens is 2. The lowest BCUT2D eigenvalue weighted by Gasteiger charge is -2.41. The summed E-state index contributed by atoms with van der Waals surface area (Å²) < 4.78 is 11.4. The van der Waals surface area contributed by atoms with Gasteiger partial charge in [0.05, 0.1) is 12.2 Å². The van der Waals surface area contributed by atoms with Gasteiger partial charge >= 0.3 is 0 Å². The molecule has 0 aliphatic carbocycles. The maximum Gasteiger partial charge on any atom is 0.292 e. The lowest BCUT2D eigenvalue weighted by atomic mass is 9.95. The lowest BCUT2D eigenvalue weighted by Crippen LogP contribution is -2.58. The Hall–Kier alpha value is -1.28. The van der Waals surface area contributed by atoms with Gasteiger partial charge in [0.25, 0.3) is 11.7 Å². The number of aliphatic hydroxyl groups is 2. The summed E-state index contributed by atoms with van der Waals surface area (Å²) in [6.07, 6.45) is 1.74. The number of methoxy groups -OCH3 is 1. The van der Waals surface area contributed by atoms with Crippen LogP contribution in [0, 0.1) is 0 Å². The zero-order valence-corrected chi connectivity index (χ0v) is 10.2. The monoisotopic (exact) mass is 256 g/mol. The van der Waals surface area contributed by atoms with Gasteiger partial charge < -0.3 is 19.7 Å². The molecule has 0 saturated carbocycles. The third-order valence-electron chi connectivity index (χ3n) is 3.10. The molecule has 1 fully saturated rings. The summed E-state index contributed by atoms with van der Waals surface area (Å²) >= 11 is 0. The minimum atomic E-state index is -2.01. The van der Waals surface area contributed by atoms with Gasteiger partial charge in [-0.2, -0.15) is 0 Å². The molecular weight excluding hydrogens is 240 g/mol. The van der Waals surface area contributed by atoms with E-state index in [1.54, 1.807) is 6.92 Å². The van der Waals surface area contributed by atoms with Gasteiger partial charge in [0.15, 0.2) is 0 Å². The van der Waals surface area contributed by atoms with Crippen LogP contribution in [-0.2, 0) is 9.47 Å². The normalized spacial score (nSPS) is 36.6. The molecule has 1 aliphatic heterocycles. The van der Waals surface area contributed by atoms with Gasteiger partial charge in [0.2, 0.25) is 0 Å². The first kappa shape index (κ1) is 13.2. The second-order valence-electron chi connectivity index (χ2n) is 4.35. The van der Waals surface area contributed by atoms with Crippen molar-refractivity contribution in [2.75, 3.05) is 7.11 Å². The van der Waals surface area contributed by atoms with E-state index in [1.165, 1.54) is 25.8 Å². The molecule has 2 rings (SSSR count). The summed E-state index contributed by atoms with van der Waals surface area (Å²) in [5.74, 6) is -2.67. The van der Waals surface area contributed by atoms with E-state index in [-0.39, 0.29) is 6.42 Å². The van der Waals surface area contributed by atoms with Crippen LogP contribution in [0.4, 0.5) is 0 Å². The Kier molecular flexibility index (Phi) is 3.49. The van der Waals surface area contributed by atoms with E-state index in [1.807, 2.05) is 0 Å². The largest absolute Gasteiger partial charge is 0.388 e. The fraction of sp³-hybridized carbons (Fsp3) is 0.636. The maximum absolute atomic E-state index is 12.1. The van der Waals surface area contributed by atoms with Crippen LogP contribution in [0.15, 0.2) is 18.7 Å². The number of imidazole rings is 1. The topological polar surface area (TPSA) is 93.8 Å². The number of hydrogen-bond acceptors (Lipinski definition) is 6. The molecular formula is C11H16N2O5. The molecule has 1 aromatic rings. The highest BCUT2D eigenvalue weighted by Gasteiger charge is 2.49. The summed E-state index contributed by atoms with van der Waals surface area (Å²) in [5.41, 5.74) is 0. The minimum Gasteiger partial charge on any atom is -0.388 e. The van der Waals surface area contributed by atoms with Crippen LogP contribution < -0.4 is 0 Å². The molecule has 7 heteroatoms. The Morgan fingerprint density at radius 2 is 2.39 bits per heavy atom. The van der Waals surface area contributed by atoms with Crippen LogP contribution in [0.5, 0.6) is 0 Å². The zero-order chi connectivity index (χ0) is 13.3. The second kappa shape index (κ2) is 4.77. The van der Waals surface area contributed by atoms with Crippen LogP contribution in [0.2, 0.25) is 0 Å². The molecule has 0 aromatic carbocycles. The predicted molar refractivity (Wildman–Crippen MR) is 59.8 cm³/mol. The number of nitrogens with zero attached hydrogens (tertiary/aromatic N) is 2. The predicted octanol–water partition coefficient (Wildman–Crippen LogP) is -0.603. The van der Waals surface area contributed by atoms with Gasteiger partial charge in [0, 0.05) is 25.9 Å². The molecule has 100 valence electrons. The molecule has 1 aromatic heterocycles. The average Bonchev–Trinajstić information content (AvgIpc) is 2.86. The number of rotatable bonds is 2. The van der Waals surface area contributed by atoms with E-state index < -0.39 is 30.0 Å². The van der Waals surface area contributed by atoms with Crippen molar-refractivity contribution in [1.29, 1.82) is 0 Å². The van der Waals surface area contributed by atoms with Crippen LogP contribution in [0.3, 0.4) is 0 Å². The summed E-state index contributed by atoms with van der Waals surface area (Å²) in [6, 6.07) is 0. The summed E-state index contributed by atoms with van der Waals surface area (Å²) in [7, 11) is 1.41. The summed E-state index contributed by atoms with van der Waals surface area (Å²) in [5, 5.41) is 20.1. The van der Waals surface area contributed by atoms with E-state index in [0.717, 1.165) is 4.57 Å². The lowest BCUT2D eigenvalue weighted by molar-refractivity contribution is -0.272. The highest BCUT2D eigenvalue weighted by Crippen LogP contribution is 2.30. The second-order valence-corrected chi connectivity index (χ2v) is 4.35. The SMILES string of the molecule is CO[C@H]1CC(O)(C(=O)n2ccnc2)O[C@@H](C)[C@@H]1O. The standard InChI is InChI=1S/C11H16N2O5/c1-7-9(14)8(17-2)5-11(16,18-7)10(15)13-4-3-12-6-13/h3-4,6-9,14,16H,5H2,1-2H3/t7-,8-,9-,11?/m0/s1. The van der Waals surface area contributed by atoms with E-state index in [0.29, 0.717) is 0 Å². The highest BCUT2D eigenvalue weighted by molar-refractivity contribution is 5.85. The van der Waals surface area contributed by atoms with Gasteiger partial charge in [-0.05, 0) is 6.92 Å². The molecule has 0 amide bonds. The van der Waals surface area contributed by atoms with Crippen molar-refractivity contribution in [2.45, 2.75) is 37.4 Å². The first-order valence-electron chi connectivity index (χ1n) is 5.62. The molecule has 1 unspecified atom stereocenters. The van der Waals surface area contributed by atoms with E-state index in [2.05, 4.69) is 4.98 Å². The zero-order valence-electron chi connectivity index (χ0n) is 10.2. The minimum absolute atomic E-state index is 0.133. The van der Waals surface area contributed by atoms with Crippen molar-refractivity contribution >= 4 is 5.91 Å². The Morgan fingerprint density at radius 3 is 2.94 bits per heavy atom. The van der Waals surface area contributed by atoms with Gasteiger partial charge in [-0.1, -0.05) is 0 Å². The molecule has 0 bridgehead atoms. The number of carbonyl (C=O) groups is 1. The average molecular weight is 256 g/mol. The van der Waals surface area contributed by atoms with E-state index >= 15 is 0 Å². The van der Waals surface area contributed by atoms with Crippen LogP contribution in [0.25, 0.3) is 0 Å². The fourth-order valence-corrected chi connectivity index (χ4v) is 2.06. The van der Waals surface area contributed by atoms with Gasteiger partial charge in [-0.3, -0.25) is 9.36 Å². The first-order valence-corrected chi connectivity index (χ1v) is 5.62. The van der Waals surface area contributed by atoms with Crippen molar-refractivity contribution < 1.29 is 24.5 Å².